The van der Waals surface area contributed by atoms with Gasteiger partial charge in [-0.1, -0.05) is 11.8 Å². The number of nitrogens with one attached hydrogen (secondary N) is 1. The number of hydrogen-bond donors (Lipinski definition) is 2. The fourth-order valence-corrected chi connectivity index (χ4v) is 2.15. The molecule has 1 aromatic rings. The Kier molecular flexibility index (Phi) is 4.51. The molecule has 0 aliphatic carbocycles. The van der Waals surface area contributed by atoms with Crippen LogP contribution in [0.2, 0.25) is 0 Å². The number of primary amides is 1. The number of thioether (sulfide) groups is 1. The molecule has 1 rings (SSSR count). The number of carbonyl (C=O) groups is 3. The zero-order valence-corrected chi connectivity index (χ0v) is 10.1. The van der Waals surface area contributed by atoms with Gasteiger partial charge in [-0.3, -0.25) is 14.4 Å². The van der Waals surface area contributed by atoms with Gasteiger partial charge in [0.15, 0.2) is 5.12 Å². The van der Waals surface area contributed by atoms with Gasteiger partial charge in [0.2, 0.25) is 5.91 Å². The van der Waals surface area contributed by atoms with Gasteiger partial charge in [0.1, 0.15) is 5.00 Å². The molecule has 0 radical (unpaired) electrons. The molecule has 0 saturated heterocycles. The number of rotatable bonds is 4. The number of hydrogen-bond acceptors (Lipinski definition) is 5. The molecule has 1 aromatic heterocycles. The molecule has 0 unspecified atom stereocenters. The topological polar surface area (TPSA) is 89.3 Å². The van der Waals surface area contributed by atoms with E-state index in [2.05, 4.69) is 5.32 Å². The smallest absolute Gasteiger partial charge is 0.251 e. The van der Waals surface area contributed by atoms with Crippen molar-refractivity contribution in [2.24, 2.45) is 5.73 Å². The molecule has 0 spiro atoms. The molecule has 7 heteroatoms. The third-order valence-electron chi connectivity index (χ3n) is 1.59. The van der Waals surface area contributed by atoms with Crippen molar-refractivity contribution in [1.29, 1.82) is 0 Å². The Morgan fingerprint density at radius 1 is 1.50 bits per heavy atom. The Labute approximate surface area is 100 Å². The summed E-state index contributed by atoms with van der Waals surface area (Å²) in [6, 6.07) is 1.54. The summed E-state index contributed by atoms with van der Waals surface area (Å²) < 4.78 is 0. The second-order valence-electron chi connectivity index (χ2n) is 2.86. The van der Waals surface area contributed by atoms with E-state index < -0.39 is 5.91 Å². The predicted octanol–water partition coefficient (Wildman–Crippen LogP) is 1.07. The van der Waals surface area contributed by atoms with Gasteiger partial charge >= 0.3 is 0 Å². The van der Waals surface area contributed by atoms with E-state index in [0.717, 1.165) is 11.8 Å². The minimum atomic E-state index is -0.587. The lowest BCUT2D eigenvalue weighted by atomic mass is 10.3. The summed E-state index contributed by atoms with van der Waals surface area (Å²) in [6.45, 7) is 1.39. The molecule has 86 valence electrons. The van der Waals surface area contributed by atoms with Gasteiger partial charge < -0.3 is 11.1 Å². The lowest BCUT2D eigenvalue weighted by Crippen LogP contribution is -2.18. The van der Waals surface area contributed by atoms with Crippen molar-refractivity contribution >= 4 is 45.0 Å². The molecule has 16 heavy (non-hydrogen) atoms. The van der Waals surface area contributed by atoms with Crippen LogP contribution in [0.5, 0.6) is 0 Å². The number of anilines is 1. The van der Waals surface area contributed by atoms with E-state index in [0.29, 0.717) is 5.00 Å². The van der Waals surface area contributed by atoms with Crippen LogP contribution in [0.3, 0.4) is 0 Å². The minimum absolute atomic E-state index is 0.0332. The fourth-order valence-electron chi connectivity index (χ4n) is 0.930. The van der Waals surface area contributed by atoms with Crippen LogP contribution in [-0.4, -0.2) is 22.7 Å². The highest BCUT2D eigenvalue weighted by Gasteiger charge is 2.12. The first-order valence-electron chi connectivity index (χ1n) is 4.31. The second-order valence-corrected chi connectivity index (χ2v) is 4.92. The van der Waals surface area contributed by atoms with Gasteiger partial charge in [-0.05, 0) is 11.4 Å². The van der Waals surface area contributed by atoms with Crippen molar-refractivity contribution in [2.45, 2.75) is 6.92 Å². The summed E-state index contributed by atoms with van der Waals surface area (Å²) in [4.78, 5) is 32.9. The molecule has 0 aromatic carbocycles. The molecule has 0 fully saturated rings. The summed E-state index contributed by atoms with van der Waals surface area (Å²) in [5.41, 5.74) is 5.40. The molecule has 0 bridgehead atoms. The monoisotopic (exact) mass is 258 g/mol. The molecule has 2 amide bonds. The van der Waals surface area contributed by atoms with Crippen LogP contribution in [0.25, 0.3) is 0 Å². The standard InChI is InChI=1S/C9H10N2O3S2/c1-5(12)16-4-7(13)11-9-6(8(10)14)2-3-15-9/h2-3H,4H2,1H3,(H2,10,14)(H,11,13). The third kappa shape index (κ3) is 3.67. The fraction of sp³-hybridized carbons (Fsp3) is 0.222. The number of nitrogens with two attached hydrogens (primary N) is 1. The van der Waals surface area contributed by atoms with Crippen LogP contribution in [-0.2, 0) is 9.59 Å². The molecule has 3 N–H and O–H groups in total. The van der Waals surface area contributed by atoms with Crippen molar-refractivity contribution < 1.29 is 14.4 Å². The Hall–Kier alpha value is -1.34. The first-order chi connectivity index (χ1) is 7.50. The molecular formula is C9H10N2O3S2. The predicted molar refractivity (Wildman–Crippen MR) is 64.6 cm³/mol. The van der Waals surface area contributed by atoms with Crippen molar-refractivity contribution in [3.8, 4) is 0 Å². The van der Waals surface area contributed by atoms with Crippen LogP contribution < -0.4 is 11.1 Å². The van der Waals surface area contributed by atoms with E-state index in [1.165, 1.54) is 18.3 Å². The third-order valence-corrected chi connectivity index (χ3v) is 3.23. The lowest BCUT2D eigenvalue weighted by molar-refractivity contribution is -0.114. The Bertz CT molecular complexity index is 428. The summed E-state index contributed by atoms with van der Waals surface area (Å²) in [6.07, 6.45) is 0. The zero-order chi connectivity index (χ0) is 12.1. The first kappa shape index (κ1) is 12.7. The Morgan fingerprint density at radius 3 is 2.75 bits per heavy atom. The number of amides is 2. The highest BCUT2D eigenvalue weighted by Crippen LogP contribution is 2.22. The van der Waals surface area contributed by atoms with Crippen LogP contribution in [0.1, 0.15) is 17.3 Å². The number of thiophene rings is 1. The van der Waals surface area contributed by atoms with Crippen molar-refractivity contribution in [3.63, 3.8) is 0 Å². The Morgan fingerprint density at radius 2 is 2.19 bits per heavy atom. The first-order valence-corrected chi connectivity index (χ1v) is 6.17. The van der Waals surface area contributed by atoms with Crippen LogP contribution in [0.15, 0.2) is 11.4 Å². The highest BCUT2D eigenvalue weighted by molar-refractivity contribution is 8.14. The van der Waals surface area contributed by atoms with Crippen LogP contribution in [0.4, 0.5) is 5.00 Å². The lowest BCUT2D eigenvalue weighted by Gasteiger charge is -2.02. The van der Waals surface area contributed by atoms with Crippen LogP contribution >= 0.6 is 23.1 Å². The normalized spacial score (nSPS) is 9.81. The van der Waals surface area contributed by atoms with Crippen molar-refractivity contribution in [1.82, 2.24) is 0 Å². The molecule has 1 heterocycles. The van der Waals surface area contributed by atoms with Crippen molar-refractivity contribution in [3.05, 3.63) is 17.0 Å². The molecule has 0 aliphatic heterocycles. The van der Waals surface area contributed by atoms with Gasteiger partial charge in [-0.2, -0.15) is 0 Å². The number of carbonyl (C=O) groups excluding carboxylic acids is 3. The molecule has 0 aliphatic rings. The van der Waals surface area contributed by atoms with Gasteiger partial charge in [0, 0.05) is 6.92 Å². The summed E-state index contributed by atoms with van der Waals surface area (Å²) in [7, 11) is 0. The SMILES string of the molecule is CC(=O)SCC(=O)Nc1sccc1C(N)=O. The van der Waals surface area contributed by atoms with E-state index in [1.54, 1.807) is 11.4 Å². The van der Waals surface area contributed by atoms with Gasteiger partial charge in [-0.25, -0.2) is 0 Å². The molecule has 0 atom stereocenters. The maximum atomic E-state index is 11.4. The molecule has 0 saturated carbocycles. The second kappa shape index (κ2) is 5.66. The molecule has 5 nitrogen and oxygen atoms in total. The summed E-state index contributed by atoms with van der Waals surface area (Å²) in [5.74, 6) is -0.883. The average molecular weight is 258 g/mol. The largest absolute Gasteiger partial charge is 0.366 e. The van der Waals surface area contributed by atoms with E-state index in [1.807, 2.05) is 0 Å². The summed E-state index contributed by atoms with van der Waals surface area (Å²) >= 11 is 2.13. The Balaban J connectivity index is 2.59. The quantitative estimate of drug-likeness (QED) is 0.845. The van der Waals surface area contributed by atoms with Gasteiger partial charge in [0.25, 0.3) is 5.91 Å². The van der Waals surface area contributed by atoms with E-state index >= 15 is 0 Å². The van der Waals surface area contributed by atoms with E-state index in [-0.39, 0.29) is 22.3 Å². The highest BCUT2D eigenvalue weighted by atomic mass is 32.2. The zero-order valence-electron chi connectivity index (χ0n) is 8.48. The van der Waals surface area contributed by atoms with Gasteiger partial charge in [0.05, 0.1) is 11.3 Å². The maximum absolute atomic E-state index is 11.4. The van der Waals surface area contributed by atoms with Crippen molar-refractivity contribution in [2.75, 3.05) is 11.1 Å². The maximum Gasteiger partial charge on any atom is 0.251 e. The molecular weight excluding hydrogens is 248 g/mol. The van der Waals surface area contributed by atoms with Crippen LogP contribution in [0, 0.1) is 0 Å². The van der Waals surface area contributed by atoms with Gasteiger partial charge in [-0.15, -0.1) is 11.3 Å². The minimum Gasteiger partial charge on any atom is -0.366 e. The van der Waals surface area contributed by atoms with E-state index in [4.69, 9.17) is 5.73 Å². The average Bonchev–Trinajstić information content (AvgIpc) is 2.62. The van der Waals surface area contributed by atoms with E-state index in [9.17, 15) is 14.4 Å². The summed E-state index contributed by atoms with van der Waals surface area (Å²) in [5, 5.41) is 4.48.